The number of para-hydroxylation sites is 1. The molecule has 0 unspecified atom stereocenters. The van der Waals surface area contributed by atoms with Gasteiger partial charge in [-0.1, -0.05) is 24.3 Å². The number of hydrogen-bond donors (Lipinski definition) is 3. The van der Waals surface area contributed by atoms with Crippen LogP contribution in [-0.4, -0.2) is 32.3 Å². The maximum Gasteiger partial charge on any atom is 0.257 e. The number of aliphatic imine (C=N–C) groups is 1. The number of fused-ring (bicyclic) bond motifs is 2. The van der Waals surface area contributed by atoms with E-state index in [2.05, 4.69) is 21.3 Å². The third kappa shape index (κ3) is 2.80. The van der Waals surface area contributed by atoms with E-state index < -0.39 is 6.17 Å². The first kappa shape index (κ1) is 17.3. The molecule has 8 heteroatoms. The van der Waals surface area contributed by atoms with Crippen LogP contribution < -0.4 is 15.8 Å². The average molecular weight is 389 g/mol. The lowest BCUT2D eigenvalue weighted by Crippen LogP contribution is -2.43. The van der Waals surface area contributed by atoms with Crippen molar-refractivity contribution in [1.29, 1.82) is 0 Å². The second kappa shape index (κ2) is 6.37. The fraction of sp³-hybridized carbons (Fsp3) is 0.190. The highest BCUT2D eigenvalue weighted by molar-refractivity contribution is 6.06. The molecule has 3 aromatic rings. The molecule has 2 aliphatic heterocycles. The number of aromatic nitrogens is 2. The van der Waals surface area contributed by atoms with Crippen LogP contribution in [0.2, 0.25) is 0 Å². The molecule has 3 heterocycles. The highest BCUT2D eigenvalue weighted by Crippen LogP contribution is 2.34. The summed E-state index contributed by atoms with van der Waals surface area (Å²) in [5.74, 6) is 0.487. The number of hydrogen-bond acceptors (Lipinski definition) is 7. The van der Waals surface area contributed by atoms with Crippen molar-refractivity contribution in [2.45, 2.75) is 19.5 Å². The summed E-state index contributed by atoms with van der Waals surface area (Å²) in [6.45, 7) is 2.52. The lowest BCUT2D eigenvalue weighted by molar-refractivity contribution is 0.402. The molecule has 0 spiro atoms. The van der Waals surface area contributed by atoms with E-state index >= 15 is 0 Å². The molecule has 8 nitrogen and oxygen atoms in total. The summed E-state index contributed by atoms with van der Waals surface area (Å²) in [6.07, 6.45) is 0.177. The maximum atomic E-state index is 12.7. The molecule has 0 fully saturated rings. The second-order valence-electron chi connectivity index (χ2n) is 7.16. The van der Waals surface area contributed by atoms with E-state index in [9.17, 15) is 15.0 Å². The van der Waals surface area contributed by atoms with Gasteiger partial charge >= 0.3 is 0 Å². The topological polar surface area (TPSA) is 103 Å². The van der Waals surface area contributed by atoms with Crippen LogP contribution in [0.5, 0.6) is 11.5 Å². The van der Waals surface area contributed by atoms with E-state index in [1.807, 2.05) is 18.2 Å². The second-order valence-corrected chi connectivity index (χ2v) is 7.16. The lowest BCUT2D eigenvalue weighted by atomic mass is 10.1. The Labute approximate surface area is 166 Å². The minimum absolute atomic E-state index is 0.227. The largest absolute Gasteiger partial charge is 0.504 e. The smallest absolute Gasteiger partial charge is 0.257 e. The van der Waals surface area contributed by atoms with Crippen molar-refractivity contribution >= 4 is 17.6 Å². The van der Waals surface area contributed by atoms with Gasteiger partial charge in [0.05, 0.1) is 0 Å². The van der Waals surface area contributed by atoms with Crippen molar-refractivity contribution in [3.8, 4) is 11.5 Å². The summed E-state index contributed by atoms with van der Waals surface area (Å²) in [5.41, 5.74) is 3.22. The highest BCUT2D eigenvalue weighted by atomic mass is 16.3. The Kier molecular flexibility index (Phi) is 3.80. The third-order valence-electron chi connectivity index (χ3n) is 5.23. The van der Waals surface area contributed by atoms with E-state index in [1.165, 1.54) is 28.3 Å². The van der Waals surface area contributed by atoms with Gasteiger partial charge in [0.25, 0.3) is 5.56 Å². The molecule has 0 aliphatic carbocycles. The summed E-state index contributed by atoms with van der Waals surface area (Å²) in [7, 11) is 0. The SMILES string of the molecule is Cc1cc(=O)n2c(n1)NC(N1CCc3ccccc31)=N[C@H]2c1ccc(O)c(O)c1. The molecule has 3 N–H and O–H groups in total. The number of rotatable bonds is 1. The first-order valence-electron chi connectivity index (χ1n) is 9.33. The molecule has 0 saturated carbocycles. The van der Waals surface area contributed by atoms with Gasteiger partial charge in [0.2, 0.25) is 11.9 Å². The van der Waals surface area contributed by atoms with Gasteiger partial charge in [-0.3, -0.25) is 14.7 Å². The molecule has 1 aromatic heterocycles. The standard InChI is InChI=1S/C21H19N5O3/c1-12-10-18(29)26-19(14-6-7-16(27)17(28)11-14)23-20(24-21(26)22-12)25-9-8-13-4-2-3-5-15(13)25/h2-7,10-11,19,27-28H,8-9H2,1H3,(H,22,23,24)/t19-/m1/s1. The average Bonchev–Trinajstić information content (AvgIpc) is 3.13. The van der Waals surface area contributed by atoms with Crippen LogP contribution in [0.4, 0.5) is 11.6 Å². The fourth-order valence-corrected chi connectivity index (χ4v) is 3.86. The first-order chi connectivity index (χ1) is 14.0. The van der Waals surface area contributed by atoms with Gasteiger partial charge in [-0.25, -0.2) is 9.98 Å². The predicted octanol–water partition coefficient (Wildman–Crippen LogP) is 2.35. The zero-order chi connectivity index (χ0) is 20.1. The molecule has 146 valence electrons. The van der Waals surface area contributed by atoms with Crippen LogP contribution >= 0.6 is 0 Å². The Morgan fingerprint density at radius 2 is 1.93 bits per heavy atom. The summed E-state index contributed by atoms with van der Waals surface area (Å²) in [5, 5.41) is 22.9. The van der Waals surface area contributed by atoms with Crippen molar-refractivity contribution in [2.75, 3.05) is 16.8 Å². The van der Waals surface area contributed by atoms with Crippen LogP contribution in [-0.2, 0) is 6.42 Å². The molecule has 2 aliphatic rings. The van der Waals surface area contributed by atoms with E-state index in [4.69, 9.17) is 4.99 Å². The number of nitrogens with one attached hydrogen (secondary N) is 1. The number of aromatic hydroxyl groups is 2. The summed E-state index contributed by atoms with van der Waals surface area (Å²) < 4.78 is 1.45. The van der Waals surface area contributed by atoms with Crippen molar-refractivity contribution in [3.05, 3.63) is 75.7 Å². The lowest BCUT2D eigenvalue weighted by Gasteiger charge is -2.31. The van der Waals surface area contributed by atoms with E-state index in [0.717, 1.165) is 18.7 Å². The number of anilines is 2. The van der Waals surface area contributed by atoms with Crippen molar-refractivity contribution in [1.82, 2.24) is 9.55 Å². The number of phenolic OH excluding ortho intramolecular Hbond substituents is 2. The zero-order valence-electron chi connectivity index (χ0n) is 15.7. The number of benzene rings is 2. The van der Waals surface area contributed by atoms with Crippen LogP contribution in [0.1, 0.15) is 23.0 Å². The normalized spacial score (nSPS) is 17.3. The minimum atomic E-state index is -0.721. The van der Waals surface area contributed by atoms with E-state index in [0.29, 0.717) is 23.2 Å². The van der Waals surface area contributed by atoms with Gasteiger partial charge < -0.3 is 15.1 Å². The predicted molar refractivity (Wildman–Crippen MR) is 110 cm³/mol. The minimum Gasteiger partial charge on any atom is -0.504 e. The molecule has 1 atom stereocenters. The quantitative estimate of drug-likeness (QED) is 0.552. The Balaban J connectivity index is 1.67. The van der Waals surface area contributed by atoms with E-state index in [-0.39, 0.29) is 17.1 Å². The third-order valence-corrected chi connectivity index (χ3v) is 5.23. The molecule has 0 radical (unpaired) electrons. The molecular formula is C21H19N5O3. The zero-order valence-corrected chi connectivity index (χ0v) is 15.7. The van der Waals surface area contributed by atoms with Crippen molar-refractivity contribution < 1.29 is 10.2 Å². The number of guanidine groups is 1. The molecular weight excluding hydrogens is 370 g/mol. The summed E-state index contributed by atoms with van der Waals surface area (Å²) in [4.78, 5) is 24.1. The summed E-state index contributed by atoms with van der Waals surface area (Å²) in [6, 6.07) is 14.0. The van der Waals surface area contributed by atoms with Crippen LogP contribution in [0, 0.1) is 6.92 Å². The molecule has 0 saturated heterocycles. The Morgan fingerprint density at radius 1 is 1.10 bits per heavy atom. The van der Waals surface area contributed by atoms with E-state index in [1.54, 1.807) is 13.0 Å². The number of aryl methyl sites for hydroxylation is 1. The van der Waals surface area contributed by atoms with Crippen molar-refractivity contribution in [3.63, 3.8) is 0 Å². The van der Waals surface area contributed by atoms with Gasteiger partial charge in [-0.05, 0) is 37.1 Å². The molecule has 0 amide bonds. The number of nitrogens with zero attached hydrogens (tertiary/aromatic N) is 4. The van der Waals surface area contributed by atoms with Gasteiger partial charge in [0.1, 0.15) is 0 Å². The van der Waals surface area contributed by atoms with Crippen LogP contribution in [0.25, 0.3) is 0 Å². The van der Waals surface area contributed by atoms with Gasteiger partial charge in [-0.15, -0.1) is 0 Å². The maximum absolute atomic E-state index is 12.7. The molecule has 29 heavy (non-hydrogen) atoms. The van der Waals surface area contributed by atoms with Crippen LogP contribution in [0.3, 0.4) is 0 Å². The number of phenols is 2. The highest BCUT2D eigenvalue weighted by Gasteiger charge is 2.31. The summed E-state index contributed by atoms with van der Waals surface area (Å²) >= 11 is 0. The van der Waals surface area contributed by atoms with Crippen LogP contribution in [0.15, 0.2) is 58.3 Å². The molecule has 5 rings (SSSR count). The molecule has 0 bridgehead atoms. The molecule has 2 aromatic carbocycles. The Bertz CT molecular complexity index is 1220. The van der Waals surface area contributed by atoms with Gasteiger partial charge in [-0.2, -0.15) is 0 Å². The Morgan fingerprint density at radius 3 is 2.76 bits per heavy atom. The van der Waals surface area contributed by atoms with Crippen molar-refractivity contribution in [2.24, 2.45) is 4.99 Å². The monoisotopic (exact) mass is 389 g/mol. The fourth-order valence-electron chi connectivity index (χ4n) is 3.86. The first-order valence-corrected chi connectivity index (χ1v) is 9.33. The van der Waals surface area contributed by atoms with Gasteiger partial charge in [0, 0.05) is 29.6 Å². The Hall–Kier alpha value is -3.81. The van der Waals surface area contributed by atoms with Gasteiger partial charge in [0.15, 0.2) is 17.7 Å².